The third kappa shape index (κ3) is 11.2. The van der Waals surface area contributed by atoms with Crippen LogP contribution in [0.5, 0.6) is 0 Å². The number of fused-ring (bicyclic) bond motifs is 3. The Bertz CT molecular complexity index is 1490. The first-order valence-electron chi connectivity index (χ1n) is 19.6. The van der Waals surface area contributed by atoms with Gasteiger partial charge in [-0.2, -0.15) is 5.10 Å². The quantitative estimate of drug-likeness (QED) is 0.174. The summed E-state index contributed by atoms with van der Waals surface area (Å²) in [5.74, 6) is 4.66. The van der Waals surface area contributed by atoms with Crippen molar-refractivity contribution in [2.75, 3.05) is 0 Å². The number of hydrogen-bond acceptors (Lipinski definition) is 4. The summed E-state index contributed by atoms with van der Waals surface area (Å²) in [7, 11) is 0. The molecule has 6 aromatic heterocycles. The van der Waals surface area contributed by atoms with E-state index in [1.165, 1.54) is 27.8 Å². The third-order valence-corrected chi connectivity index (χ3v) is 7.87. The molecule has 6 aromatic rings. The van der Waals surface area contributed by atoms with Gasteiger partial charge in [0.2, 0.25) is 0 Å². The van der Waals surface area contributed by atoms with Crippen LogP contribution < -0.4 is 0 Å². The first kappa shape index (κ1) is 45.0. The van der Waals surface area contributed by atoms with Gasteiger partial charge in [0.15, 0.2) is 5.65 Å². The summed E-state index contributed by atoms with van der Waals surface area (Å²) in [5.41, 5.74) is 7.05. The highest BCUT2D eigenvalue weighted by atomic mass is 15.3. The maximum absolute atomic E-state index is 4.75. The smallest absolute Gasteiger partial charge is 0.158 e. The lowest BCUT2D eigenvalue weighted by Gasteiger charge is -2.05. The standard InChI is InChI=1S/2C13H18N2.C12H17N3.3C2H6/c2*1-9(2)12-11-7-5-6-8-15(11)13(14-12)10(3)4;1-8(2)11-10-6-5-7-13-12(10)15(14-11)9(3)4;3*1-2/h2*5-10H,1-4H3;5-9H,1-4H3;3*1-2H3. The van der Waals surface area contributed by atoms with E-state index in [9.17, 15) is 0 Å². The van der Waals surface area contributed by atoms with E-state index >= 15 is 0 Å². The van der Waals surface area contributed by atoms with Crippen molar-refractivity contribution in [2.24, 2.45) is 0 Å². The molecular weight excluding hydrogens is 627 g/mol. The molecule has 0 aliphatic carbocycles. The van der Waals surface area contributed by atoms with E-state index in [1.807, 2.05) is 58.5 Å². The topological polar surface area (TPSA) is 65.3 Å². The van der Waals surface area contributed by atoms with Gasteiger partial charge in [0, 0.05) is 41.9 Å². The Kier molecular flexibility index (Phi) is 19.5. The zero-order chi connectivity index (χ0) is 39.0. The predicted octanol–water partition coefficient (Wildman–Crippen LogP) is 13.4. The molecule has 0 spiro atoms. The summed E-state index contributed by atoms with van der Waals surface area (Å²) >= 11 is 0. The molecule has 0 amide bonds. The lowest BCUT2D eigenvalue weighted by atomic mass is 10.1. The number of rotatable bonds is 6. The van der Waals surface area contributed by atoms with Gasteiger partial charge in [-0.05, 0) is 68.0 Å². The van der Waals surface area contributed by atoms with Crippen LogP contribution >= 0.6 is 0 Å². The first-order chi connectivity index (χ1) is 24.3. The lowest BCUT2D eigenvalue weighted by molar-refractivity contribution is 0.535. The van der Waals surface area contributed by atoms with Crippen molar-refractivity contribution in [3.63, 3.8) is 0 Å². The van der Waals surface area contributed by atoms with Crippen LogP contribution in [0.3, 0.4) is 0 Å². The molecule has 0 saturated heterocycles. The van der Waals surface area contributed by atoms with Gasteiger partial charge >= 0.3 is 0 Å². The van der Waals surface area contributed by atoms with Gasteiger partial charge in [-0.3, -0.25) is 0 Å². The van der Waals surface area contributed by atoms with Crippen LogP contribution in [0, 0.1) is 0 Å². The Hall–Kier alpha value is -4.00. The Morgan fingerprint density at radius 3 is 1.24 bits per heavy atom. The summed E-state index contributed by atoms with van der Waals surface area (Å²) < 4.78 is 6.42. The molecule has 0 aliphatic heterocycles. The highest BCUT2D eigenvalue weighted by Crippen LogP contribution is 2.27. The molecule has 0 radical (unpaired) electrons. The molecule has 7 nitrogen and oxygen atoms in total. The van der Waals surface area contributed by atoms with E-state index < -0.39 is 0 Å². The van der Waals surface area contributed by atoms with Gasteiger partial charge in [0.25, 0.3) is 0 Å². The van der Waals surface area contributed by atoms with Crippen LogP contribution in [0.4, 0.5) is 0 Å². The van der Waals surface area contributed by atoms with Crippen LogP contribution in [0.1, 0.15) is 189 Å². The van der Waals surface area contributed by atoms with E-state index in [0.29, 0.717) is 35.6 Å². The molecule has 282 valence electrons. The summed E-state index contributed by atoms with van der Waals surface area (Å²) in [4.78, 5) is 13.9. The second-order valence-corrected chi connectivity index (χ2v) is 13.7. The molecule has 7 heteroatoms. The van der Waals surface area contributed by atoms with Crippen LogP contribution in [0.15, 0.2) is 67.1 Å². The van der Waals surface area contributed by atoms with E-state index in [0.717, 1.165) is 23.0 Å². The number of hydrogen-bond donors (Lipinski definition) is 0. The lowest BCUT2D eigenvalue weighted by Crippen LogP contribution is -2.04. The second-order valence-electron chi connectivity index (χ2n) is 13.7. The predicted molar refractivity (Wildman–Crippen MR) is 223 cm³/mol. The van der Waals surface area contributed by atoms with E-state index in [-0.39, 0.29) is 0 Å². The summed E-state index contributed by atoms with van der Waals surface area (Å²) in [6.07, 6.45) is 6.03. The third-order valence-electron chi connectivity index (χ3n) is 7.87. The summed E-state index contributed by atoms with van der Waals surface area (Å²) in [5, 5.41) is 5.82. The van der Waals surface area contributed by atoms with Crippen molar-refractivity contribution in [1.82, 2.24) is 33.5 Å². The second kappa shape index (κ2) is 22.0. The van der Waals surface area contributed by atoms with Gasteiger partial charge in [0.05, 0.1) is 28.1 Å². The zero-order valence-electron chi connectivity index (χ0n) is 35.4. The zero-order valence-corrected chi connectivity index (χ0v) is 35.4. The molecule has 0 N–H and O–H groups in total. The van der Waals surface area contributed by atoms with Crippen LogP contribution in [0.2, 0.25) is 0 Å². The van der Waals surface area contributed by atoms with Gasteiger partial charge in [-0.1, -0.05) is 123 Å². The van der Waals surface area contributed by atoms with E-state index in [2.05, 4.69) is 157 Å². The van der Waals surface area contributed by atoms with Gasteiger partial charge in [0.1, 0.15) is 11.6 Å². The molecule has 0 unspecified atom stereocenters. The Morgan fingerprint density at radius 2 is 0.882 bits per heavy atom. The van der Waals surface area contributed by atoms with Gasteiger partial charge < -0.3 is 8.80 Å². The SMILES string of the molecule is CC.CC.CC.CC(C)c1nc(C(C)C)n2ccccc12.CC(C)c1nc(C(C)C)n2ccccc12.CC(C)c1nn(C(C)C)c2ncccc12. The van der Waals surface area contributed by atoms with Crippen molar-refractivity contribution in [1.29, 1.82) is 0 Å². The monoisotopic (exact) mass is 698 g/mol. The Balaban J connectivity index is 0.000000356. The number of imidazole rings is 2. The molecule has 0 saturated carbocycles. The van der Waals surface area contributed by atoms with Crippen LogP contribution in [0.25, 0.3) is 22.1 Å². The molecule has 0 atom stereocenters. The average Bonchev–Trinajstić information content (AvgIpc) is 3.84. The summed E-state index contributed by atoms with van der Waals surface area (Å²) in [6.45, 7) is 38.1. The normalized spacial score (nSPS) is 10.8. The molecule has 0 aromatic carbocycles. The van der Waals surface area contributed by atoms with Gasteiger partial charge in [-0.15, -0.1) is 0 Å². The Labute approximate surface area is 311 Å². The molecule has 6 rings (SSSR count). The summed E-state index contributed by atoms with van der Waals surface area (Å²) in [6, 6.07) is 17.0. The van der Waals surface area contributed by atoms with E-state index in [1.54, 1.807) is 0 Å². The minimum atomic E-state index is 0.356. The molecule has 51 heavy (non-hydrogen) atoms. The van der Waals surface area contributed by atoms with Crippen molar-refractivity contribution < 1.29 is 0 Å². The average molecular weight is 698 g/mol. The largest absolute Gasteiger partial charge is 0.303 e. The fourth-order valence-corrected chi connectivity index (χ4v) is 5.62. The maximum Gasteiger partial charge on any atom is 0.158 e. The van der Waals surface area contributed by atoms with Crippen molar-refractivity contribution >= 4 is 22.1 Å². The Morgan fingerprint density at radius 1 is 0.471 bits per heavy atom. The minimum absolute atomic E-state index is 0.356. The fraction of sp³-hybridized carbons (Fsp3) is 0.545. The first-order valence-corrected chi connectivity index (χ1v) is 19.6. The maximum atomic E-state index is 4.75. The highest BCUT2D eigenvalue weighted by molar-refractivity contribution is 5.78. The van der Waals surface area contributed by atoms with Crippen molar-refractivity contribution in [3.8, 4) is 0 Å². The van der Waals surface area contributed by atoms with E-state index in [4.69, 9.17) is 9.97 Å². The molecule has 0 fully saturated rings. The number of pyridine rings is 3. The molecular formula is C44H71N7. The van der Waals surface area contributed by atoms with Crippen molar-refractivity contribution in [3.05, 3.63) is 95.9 Å². The highest BCUT2D eigenvalue weighted by Gasteiger charge is 2.17. The van der Waals surface area contributed by atoms with Crippen molar-refractivity contribution in [2.45, 2.75) is 160 Å². The molecule has 6 heterocycles. The number of aromatic nitrogens is 7. The molecule has 0 aliphatic rings. The van der Waals surface area contributed by atoms with Crippen LogP contribution in [-0.4, -0.2) is 33.5 Å². The van der Waals surface area contributed by atoms with Gasteiger partial charge in [-0.25, -0.2) is 19.6 Å². The fourth-order valence-electron chi connectivity index (χ4n) is 5.62. The minimum Gasteiger partial charge on any atom is -0.303 e. The number of nitrogens with zero attached hydrogens (tertiary/aromatic N) is 7. The molecule has 0 bridgehead atoms. The van der Waals surface area contributed by atoms with Crippen LogP contribution in [-0.2, 0) is 0 Å².